The summed E-state index contributed by atoms with van der Waals surface area (Å²) < 4.78 is 3.82. The lowest BCUT2D eigenvalue weighted by Crippen LogP contribution is -2.11. The van der Waals surface area contributed by atoms with Crippen molar-refractivity contribution in [2.75, 3.05) is 4.90 Å². The molecule has 9 aromatic rings. The topological polar surface area (TPSA) is 8.17 Å². The number of para-hydroxylation sites is 1. The number of aryl methyl sites for hydroxylation is 2. The molecule has 3 heterocycles. The Morgan fingerprint density at radius 2 is 1.27 bits per heavy atom. The van der Waals surface area contributed by atoms with Crippen molar-refractivity contribution in [2.45, 2.75) is 33.6 Å². The number of rotatable bonds is 5. The van der Waals surface area contributed by atoms with Crippen molar-refractivity contribution in [1.29, 1.82) is 0 Å². The monoisotopic (exact) mass is 790 g/mol. The van der Waals surface area contributed by atoms with Gasteiger partial charge in [-0.25, -0.2) is 0 Å². The lowest BCUT2D eigenvalue weighted by Gasteiger charge is -2.26. The predicted molar refractivity (Wildman–Crippen MR) is 262 cm³/mol. The highest BCUT2D eigenvalue weighted by atomic mass is 32.1. The second kappa shape index (κ2) is 15.7. The van der Waals surface area contributed by atoms with Crippen LogP contribution >= 0.6 is 11.3 Å². The van der Waals surface area contributed by atoms with E-state index in [2.05, 4.69) is 211 Å². The first-order chi connectivity index (χ1) is 29.6. The van der Waals surface area contributed by atoms with Crippen molar-refractivity contribution in [2.24, 2.45) is 0 Å². The lowest BCUT2D eigenvalue weighted by atomic mass is 9.95. The van der Waals surface area contributed by atoms with Gasteiger partial charge in [-0.15, -0.1) is 11.3 Å². The van der Waals surface area contributed by atoms with E-state index in [-0.39, 0.29) is 0 Å². The van der Waals surface area contributed by atoms with Crippen molar-refractivity contribution in [3.05, 3.63) is 210 Å². The van der Waals surface area contributed by atoms with Crippen LogP contribution in [0, 0.1) is 6.92 Å². The molecular formula is C57H46N2S. The maximum atomic E-state index is 4.52. The standard InChI is InChI=1S/C55H40N2S.C2H6/c1-36-12-10-11-31-56(43-24-19-39(20-25-43)38-13-4-3-5-14-38)51-29-22-40(33-49(36)51)41-21-27-47-46-15-6-8-17-52(46)57(53(47)35-41)44-26-28-45(37(2)32-44)42-23-30-55-50(34-42)48-16-7-9-18-54(48)58-55;1-2/h3-8,10-17,19-35H,1,9,18H2,2H3;1-2H3/b12-10-,31-11-;. The Kier molecular flexibility index (Phi) is 9.75. The molecule has 0 fully saturated rings. The fourth-order valence-corrected chi connectivity index (χ4v) is 10.2. The Morgan fingerprint density at radius 1 is 0.550 bits per heavy atom. The average molecular weight is 791 g/mol. The first-order valence-corrected chi connectivity index (χ1v) is 21.9. The molecule has 0 atom stereocenters. The second-order valence-corrected chi connectivity index (χ2v) is 16.6. The molecule has 2 aromatic heterocycles. The minimum absolute atomic E-state index is 0.979. The van der Waals surface area contributed by atoms with Gasteiger partial charge >= 0.3 is 0 Å². The Morgan fingerprint density at radius 3 is 2.12 bits per heavy atom. The summed E-state index contributed by atoms with van der Waals surface area (Å²) in [6.07, 6.45) is 15.3. The van der Waals surface area contributed by atoms with E-state index >= 15 is 0 Å². The summed E-state index contributed by atoms with van der Waals surface area (Å²) in [5.74, 6) is 0. The molecule has 1 aliphatic carbocycles. The van der Waals surface area contributed by atoms with Crippen LogP contribution in [0.1, 0.15) is 41.8 Å². The number of anilines is 2. The van der Waals surface area contributed by atoms with Crippen molar-refractivity contribution in [3.63, 3.8) is 0 Å². The van der Waals surface area contributed by atoms with Gasteiger partial charge in [0.2, 0.25) is 0 Å². The van der Waals surface area contributed by atoms with Crippen LogP contribution in [0.25, 0.3) is 82.6 Å². The number of hydrogen-bond donors (Lipinski definition) is 0. The lowest BCUT2D eigenvalue weighted by molar-refractivity contribution is 1.02. The molecule has 0 radical (unpaired) electrons. The van der Waals surface area contributed by atoms with E-state index in [1.54, 1.807) is 0 Å². The molecule has 290 valence electrons. The van der Waals surface area contributed by atoms with E-state index in [0.717, 1.165) is 40.9 Å². The van der Waals surface area contributed by atoms with Crippen LogP contribution < -0.4 is 4.90 Å². The third-order valence-corrected chi connectivity index (χ3v) is 13.2. The third-order valence-electron chi connectivity index (χ3n) is 11.9. The van der Waals surface area contributed by atoms with Crippen LogP contribution in [0.15, 0.2) is 189 Å². The summed E-state index contributed by atoms with van der Waals surface area (Å²) in [5.41, 5.74) is 17.8. The van der Waals surface area contributed by atoms with E-state index < -0.39 is 0 Å². The normalized spacial score (nSPS) is 14.3. The average Bonchev–Trinajstić information content (AvgIpc) is 3.84. The summed E-state index contributed by atoms with van der Waals surface area (Å²) in [7, 11) is 0. The van der Waals surface area contributed by atoms with Crippen molar-refractivity contribution >= 4 is 66.3 Å². The van der Waals surface area contributed by atoms with Gasteiger partial charge in [-0.1, -0.05) is 136 Å². The number of aromatic nitrogens is 1. The Balaban J connectivity index is 0.00000213. The molecule has 2 nitrogen and oxygen atoms in total. The first kappa shape index (κ1) is 37.3. The van der Waals surface area contributed by atoms with Crippen molar-refractivity contribution in [1.82, 2.24) is 4.57 Å². The second-order valence-electron chi connectivity index (χ2n) is 15.4. The van der Waals surface area contributed by atoms with E-state index in [4.69, 9.17) is 0 Å². The van der Waals surface area contributed by atoms with Gasteiger partial charge in [0.15, 0.2) is 0 Å². The summed E-state index contributed by atoms with van der Waals surface area (Å²) in [4.78, 5) is 3.78. The van der Waals surface area contributed by atoms with Gasteiger partial charge in [0.1, 0.15) is 0 Å². The van der Waals surface area contributed by atoms with Crippen LogP contribution in [-0.4, -0.2) is 4.57 Å². The number of thiophene rings is 1. The SMILES string of the molecule is C=C1/C=C\C=C/N(c2ccc(-c3ccccc3)cc2)c2ccc(-c3ccc4c5ccccc5n(-c5ccc(-c6ccc7sc8c(c7c6)C=CCC8)c(C)c5)c4c3)cc21.CC. The maximum absolute atomic E-state index is 4.52. The fourth-order valence-electron chi connectivity index (χ4n) is 8.99. The number of benzene rings is 7. The molecule has 1 aliphatic heterocycles. The molecule has 0 bridgehead atoms. The van der Waals surface area contributed by atoms with Crippen molar-refractivity contribution < 1.29 is 0 Å². The molecule has 7 aromatic carbocycles. The molecular weight excluding hydrogens is 745 g/mol. The minimum atomic E-state index is 0.979. The van der Waals surface area contributed by atoms with Crippen LogP contribution in [0.4, 0.5) is 11.4 Å². The Hall–Kier alpha value is -6.94. The van der Waals surface area contributed by atoms with Crippen LogP contribution in [0.2, 0.25) is 0 Å². The largest absolute Gasteiger partial charge is 0.317 e. The van der Waals surface area contributed by atoms with Gasteiger partial charge in [-0.05, 0) is 137 Å². The van der Waals surface area contributed by atoms with Crippen molar-refractivity contribution in [3.8, 4) is 39.1 Å². The molecule has 0 saturated heterocycles. The molecule has 2 aliphatic rings. The molecule has 0 N–H and O–H groups in total. The van der Waals surface area contributed by atoms with Gasteiger partial charge < -0.3 is 9.47 Å². The first-order valence-electron chi connectivity index (χ1n) is 21.1. The van der Waals surface area contributed by atoms with Gasteiger partial charge in [0, 0.05) is 48.9 Å². The van der Waals surface area contributed by atoms with Crippen LogP contribution in [-0.2, 0) is 6.42 Å². The molecule has 0 saturated carbocycles. The van der Waals surface area contributed by atoms with E-state index in [1.165, 1.54) is 81.4 Å². The van der Waals surface area contributed by atoms with Crippen LogP contribution in [0.5, 0.6) is 0 Å². The highest BCUT2D eigenvalue weighted by Crippen LogP contribution is 2.42. The smallest absolute Gasteiger partial charge is 0.0547 e. The van der Waals surface area contributed by atoms with Gasteiger partial charge in [-0.3, -0.25) is 0 Å². The summed E-state index contributed by atoms with van der Waals surface area (Å²) in [5, 5.41) is 3.88. The Bertz CT molecular complexity index is 3190. The van der Waals surface area contributed by atoms with Gasteiger partial charge in [0.25, 0.3) is 0 Å². The minimum Gasteiger partial charge on any atom is -0.317 e. The highest BCUT2D eigenvalue weighted by Gasteiger charge is 2.19. The molecule has 0 amide bonds. The number of fused-ring (bicyclic) bond motifs is 7. The third kappa shape index (κ3) is 6.52. The molecule has 60 heavy (non-hydrogen) atoms. The Labute approximate surface area is 357 Å². The summed E-state index contributed by atoms with van der Waals surface area (Å²) in [6, 6.07) is 55.8. The van der Waals surface area contributed by atoms with E-state index in [9.17, 15) is 0 Å². The fraction of sp³-hybridized carbons (Fsp3) is 0.0877. The maximum Gasteiger partial charge on any atom is 0.0547 e. The highest BCUT2D eigenvalue weighted by molar-refractivity contribution is 7.19. The summed E-state index contributed by atoms with van der Waals surface area (Å²) in [6.45, 7) is 10.8. The quantitative estimate of drug-likeness (QED) is 0.169. The number of nitrogens with zero attached hydrogens (tertiary/aromatic N) is 2. The van der Waals surface area contributed by atoms with Gasteiger partial charge in [0.05, 0.1) is 16.7 Å². The van der Waals surface area contributed by atoms with Gasteiger partial charge in [-0.2, -0.15) is 0 Å². The van der Waals surface area contributed by atoms with E-state index in [1.807, 2.05) is 25.2 Å². The molecule has 0 unspecified atom stereocenters. The predicted octanol–water partition coefficient (Wildman–Crippen LogP) is 16.5. The van der Waals surface area contributed by atoms with Crippen LogP contribution in [0.3, 0.4) is 0 Å². The number of hydrogen-bond acceptors (Lipinski definition) is 2. The zero-order valence-corrected chi connectivity index (χ0v) is 35.1. The molecule has 3 heteroatoms. The molecule has 11 rings (SSSR count). The zero-order chi connectivity index (χ0) is 40.7. The summed E-state index contributed by atoms with van der Waals surface area (Å²) >= 11 is 1.95. The van der Waals surface area contributed by atoms with E-state index in [0.29, 0.717) is 0 Å². The molecule has 0 spiro atoms. The number of allylic oxidation sites excluding steroid dienone is 5. The zero-order valence-electron chi connectivity index (χ0n) is 34.3.